The molecule has 3 rings (SSSR count). The smallest absolute Gasteiger partial charge is 0.234 e. The molecule has 64 valence electrons. The van der Waals surface area contributed by atoms with Crippen LogP contribution in [-0.2, 0) is 9.16 Å². The molecule has 0 spiro atoms. The molecule has 0 amide bonds. The minimum Gasteiger partial charge on any atom is -0.389 e. The molecule has 3 heterocycles. The maximum Gasteiger partial charge on any atom is 0.234 e. The zero-order chi connectivity index (χ0) is 8.28. The van der Waals surface area contributed by atoms with E-state index in [-0.39, 0.29) is 11.5 Å². The molecule has 2 unspecified atom stereocenters. The van der Waals surface area contributed by atoms with E-state index in [0.29, 0.717) is 5.54 Å². The second kappa shape index (κ2) is 1.89. The molecule has 0 aliphatic carbocycles. The van der Waals surface area contributed by atoms with Crippen molar-refractivity contribution in [1.29, 1.82) is 0 Å². The minimum atomic E-state index is -1.47. The Morgan fingerprint density at radius 1 is 1.45 bits per heavy atom. The van der Waals surface area contributed by atoms with E-state index in [1.54, 1.807) is 0 Å². The SMILES string of the molecule is CC(C)[Si]12CC(OC1(C)C)O2. The number of ether oxygens (including phenoxy) is 1. The van der Waals surface area contributed by atoms with Crippen LogP contribution in [0.15, 0.2) is 0 Å². The first-order chi connectivity index (χ1) is 4.98. The highest BCUT2D eigenvalue weighted by Gasteiger charge is 2.69. The predicted molar refractivity (Wildman–Crippen MR) is 45.7 cm³/mol. The van der Waals surface area contributed by atoms with Gasteiger partial charge in [0, 0.05) is 6.04 Å². The van der Waals surface area contributed by atoms with Crippen molar-refractivity contribution in [2.45, 2.75) is 50.8 Å². The highest BCUT2D eigenvalue weighted by molar-refractivity contribution is 6.80. The Balaban J connectivity index is 2.28. The van der Waals surface area contributed by atoms with Crippen LogP contribution in [0.4, 0.5) is 0 Å². The average Bonchev–Trinajstić information content (AvgIpc) is 2.10. The maximum absolute atomic E-state index is 5.83. The molecule has 0 aromatic carbocycles. The number of rotatable bonds is 1. The van der Waals surface area contributed by atoms with Crippen molar-refractivity contribution in [3.05, 3.63) is 0 Å². The van der Waals surface area contributed by atoms with Crippen LogP contribution < -0.4 is 0 Å². The molecule has 2 atom stereocenters. The van der Waals surface area contributed by atoms with Gasteiger partial charge in [-0.15, -0.1) is 0 Å². The third-order valence-electron chi connectivity index (χ3n) is 3.19. The summed E-state index contributed by atoms with van der Waals surface area (Å²) in [5.41, 5.74) is 0.691. The summed E-state index contributed by atoms with van der Waals surface area (Å²) in [6.45, 7) is 8.90. The van der Waals surface area contributed by atoms with Crippen molar-refractivity contribution in [2.24, 2.45) is 0 Å². The van der Waals surface area contributed by atoms with E-state index in [2.05, 4.69) is 27.7 Å². The van der Waals surface area contributed by atoms with Gasteiger partial charge in [-0.05, 0) is 19.4 Å². The van der Waals surface area contributed by atoms with E-state index >= 15 is 0 Å². The van der Waals surface area contributed by atoms with Gasteiger partial charge in [-0.2, -0.15) is 0 Å². The Kier molecular flexibility index (Phi) is 1.34. The molecular formula is C8H16O2Si. The highest BCUT2D eigenvalue weighted by Crippen LogP contribution is 2.55. The lowest BCUT2D eigenvalue weighted by Gasteiger charge is -2.41. The Hall–Kier alpha value is 0.137. The van der Waals surface area contributed by atoms with Crippen molar-refractivity contribution < 1.29 is 9.16 Å². The number of hydrogen-bond donors (Lipinski definition) is 0. The van der Waals surface area contributed by atoms with Gasteiger partial charge in [0.15, 0.2) is 0 Å². The lowest BCUT2D eigenvalue weighted by atomic mass is 10.4. The fourth-order valence-corrected chi connectivity index (χ4v) is 6.74. The van der Waals surface area contributed by atoms with Crippen LogP contribution >= 0.6 is 0 Å². The van der Waals surface area contributed by atoms with Gasteiger partial charge >= 0.3 is 0 Å². The third-order valence-corrected chi connectivity index (χ3v) is 8.83. The van der Waals surface area contributed by atoms with Gasteiger partial charge in [-0.25, -0.2) is 0 Å². The van der Waals surface area contributed by atoms with Crippen molar-refractivity contribution in [3.63, 3.8) is 0 Å². The molecule has 3 heteroatoms. The topological polar surface area (TPSA) is 18.5 Å². The van der Waals surface area contributed by atoms with Gasteiger partial charge < -0.3 is 9.16 Å². The summed E-state index contributed by atoms with van der Waals surface area (Å²) in [4.78, 5) is 0. The predicted octanol–water partition coefficient (Wildman–Crippen LogP) is 2.05. The molecule has 3 fully saturated rings. The maximum atomic E-state index is 5.83. The summed E-state index contributed by atoms with van der Waals surface area (Å²) in [5.74, 6) is 0. The van der Waals surface area contributed by atoms with Crippen molar-refractivity contribution in [1.82, 2.24) is 0 Å². The van der Waals surface area contributed by atoms with Crippen molar-refractivity contribution in [3.8, 4) is 0 Å². The Bertz CT molecular complexity index is 183. The quantitative estimate of drug-likeness (QED) is 0.564. The average molecular weight is 172 g/mol. The summed E-state index contributed by atoms with van der Waals surface area (Å²) in [5, 5.41) is 0.0613. The van der Waals surface area contributed by atoms with Crippen molar-refractivity contribution in [2.75, 3.05) is 0 Å². The molecule has 0 saturated carbocycles. The van der Waals surface area contributed by atoms with E-state index < -0.39 is 8.32 Å². The Morgan fingerprint density at radius 3 is 2.18 bits per heavy atom. The molecule has 0 aromatic rings. The monoisotopic (exact) mass is 172 g/mol. The van der Waals surface area contributed by atoms with Crippen LogP contribution in [0.2, 0.25) is 11.6 Å². The van der Waals surface area contributed by atoms with Crippen LogP contribution in [0.5, 0.6) is 0 Å². The highest BCUT2D eigenvalue weighted by atomic mass is 28.4. The molecule has 2 nitrogen and oxygen atoms in total. The summed E-state index contributed by atoms with van der Waals surface area (Å²) < 4.78 is 11.6. The molecule has 3 aliphatic rings. The van der Waals surface area contributed by atoms with E-state index in [0.717, 1.165) is 0 Å². The Morgan fingerprint density at radius 2 is 2.00 bits per heavy atom. The number of hydrogen-bond acceptors (Lipinski definition) is 2. The molecule has 11 heavy (non-hydrogen) atoms. The van der Waals surface area contributed by atoms with E-state index in [9.17, 15) is 0 Å². The molecule has 3 aliphatic heterocycles. The second-order valence-corrected chi connectivity index (χ2v) is 9.21. The third kappa shape index (κ3) is 0.739. The van der Waals surface area contributed by atoms with Crippen LogP contribution in [-0.4, -0.2) is 19.8 Å². The van der Waals surface area contributed by atoms with Crippen LogP contribution in [0, 0.1) is 0 Å². The standard InChI is InChI=1S/C8H16O2Si/c1-6(2)11-5-7(10-11)9-8(11,3)4/h6-7H,5H2,1-4H3. The largest absolute Gasteiger partial charge is 0.389 e. The van der Waals surface area contributed by atoms with Crippen LogP contribution in [0.1, 0.15) is 27.7 Å². The van der Waals surface area contributed by atoms with E-state index in [1.807, 2.05) is 0 Å². The van der Waals surface area contributed by atoms with Gasteiger partial charge in [-0.1, -0.05) is 13.8 Å². The minimum absolute atomic E-state index is 0.0613. The van der Waals surface area contributed by atoms with E-state index in [4.69, 9.17) is 9.16 Å². The summed E-state index contributed by atoms with van der Waals surface area (Å²) >= 11 is 0. The van der Waals surface area contributed by atoms with Crippen LogP contribution in [0.25, 0.3) is 0 Å². The number of fused-ring (bicyclic) bond motifs is 1. The fourth-order valence-electron chi connectivity index (χ4n) is 2.42. The van der Waals surface area contributed by atoms with Gasteiger partial charge in [0.1, 0.15) is 6.29 Å². The molecule has 2 bridgehead atoms. The van der Waals surface area contributed by atoms with Crippen molar-refractivity contribution >= 4 is 8.32 Å². The van der Waals surface area contributed by atoms with Gasteiger partial charge in [0.05, 0.1) is 5.22 Å². The lowest BCUT2D eigenvalue weighted by molar-refractivity contribution is -0.0712. The second-order valence-electron chi connectivity index (χ2n) is 4.42. The fraction of sp³-hybridized carbons (Fsp3) is 1.00. The zero-order valence-corrected chi connectivity index (χ0v) is 8.68. The molecular weight excluding hydrogens is 156 g/mol. The van der Waals surface area contributed by atoms with Gasteiger partial charge in [0.25, 0.3) is 0 Å². The first-order valence-electron chi connectivity index (χ1n) is 4.33. The molecule has 0 aromatic heterocycles. The first-order valence-corrected chi connectivity index (χ1v) is 6.53. The normalized spacial score (nSPS) is 46.1. The van der Waals surface area contributed by atoms with Gasteiger partial charge in [-0.3, -0.25) is 0 Å². The zero-order valence-electron chi connectivity index (χ0n) is 7.68. The Labute approximate surface area is 69.0 Å². The molecule has 0 radical (unpaired) electrons. The molecule has 3 saturated heterocycles. The molecule has 0 N–H and O–H groups in total. The summed E-state index contributed by atoms with van der Waals surface area (Å²) in [6.07, 6.45) is 0.152. The summed E-state index contributed by atoms with van der Waals surface area (Å²) in [6, 6.07) is 1.22. The summed E-state index contributed by atoms with van der Waals surface area (Å²) in [7, 11) is -1.47. The first kappa shape index (κ1) is 7.77. The lowest BCUT2D eigenvalue weighted by Crippen LogP contribution is -2.59. The van der Waals surface area contributed by atoms with Crippen LogP contribution in [0.3, 0.4) is 0 Å². The van der Waals surface area contributed by atoms with Gasteiger partial charge in [0.2, 0.25) is 8.32 Å². The van der Waals surface area contributed by atoms with E-state index in [1.165, 1.54) is 6.04 Å².